The molecule has 3 aromatic carbocycles. The summed E-state index contributed by atoms with van der Waals surface area (Å²) in [5.74, 6) is -2.27. The lowest BCUT2D eigenvalue weighted by molar-refractivity contribution is -0.144. The van der Waals surface area contributed by atoms with E-state index in [2.05, 4.69) is 39.6 Å². The molecule has 0 spiro atoms. The van der Waals surface area contributed by atoms with Crippen LogP contribution in [0.25, 0.3) is 11.6 Å². The molecular formula is C40H45IN2O7. The smallest absolute Gasteiger partial charge is 0.234 e. The summed E-state index contributed by atoms with van der Waals surface area (Å²) in [6.07, 6.45) is 3.22. The van der Waals surface area contributed by atoms with E-state index in [0.29, 0.717) is 39.7 Å². The van der Waals surface area contributed by atoms with Gasteiger partial charge in [-0.2, -0.15) is 0 Å². The predicted molar refractivity (Wildman–Crippen MR) is 200 cm³/mol. The van der Waals surface area contributed by atoms with Crippen LogP contribution in [0.15, 0.2) is 83.9 Å². The van der Waals surface area contributed by atoms with Crippen LogP contribution in [-0.2, 0) is 16.1 Å². The van der Waals surface area contributed by atoms with Gasteiger partial charge in [-0.25, -0.2) is 0 Å². The Morgan fingerprint density at radius 2 is 1.68 bits per heavy atom. The number of piperidine rings is 1. The maximum absolute atomic E-state index is 14.1. The number of ether oxygens (including phenoxy) is 1. The number of amides is 2. The van der Waals surface area contributed by atoms with E-state index in [4.69, 9.17) is 4.74 Å². The molecule has 0 saturated carbocycles. The number of carbonyl (C=O) groups is 2. The number of allylic oxidation sites excluding steroid dienone is 1. The quantitative estimate of drug-likeness (QED) is 0.0848. The Kier molecular flexibility index (Phi) is 11.7. The van der Waals surface area contributed by atoms with Gasteiger partial charge in [-0.05, 0) is 100 Å². The first-order valence-electron chi connectivity index (χ1n) is 17.3. The van der Waals surface area contributed by atoms with Crippen molar-refractivity contribution in [2.24, 2.45) is 17.8 Å². The van der Waals surface area contributed by atoms with Crippen molar-refractivity contribution in [2.75, 3.05) is 33.4 Å². The van der Waals surface area contributed by atoms with Gasteiger partial charge < -0.3 is 25.2 Å². The lowest BCUT2D eigenvalue weighted by atomic mass is 9.68. The highest BCUT2D eigenvalue weighted by Crippen LogP contribution is 2.47. The number of nitrogens with zero attached hydrogens (tertiary/aromatic N) is 2. The summed E-state index contributed by atoms with van der Waals surface area (Å²) in [6.45, 7) is 1.59. The number of aliphatic hydroxyl groups is 3. The second-order valence-electron chi connectivity index (χ2n) is 13.5. The van der Waals surface area contributed by atoms with Crippen molar-refractivity contribution in [3.8, 4) is 11.5 Å². The van der Waals surface area contributed by atoms with Crippen molar-refractivity contribution in [2.45, 2.75) is 50.8 Å². The number of phenolic OH excluding ortho intramolecular Hbond substituents is 1. The second kappa shape index (κ2) is 16.2. The lowest BCUT2D eigenvalue weighted by Gasteiger charge is -2.36. The summed E-state index contributed by atoms with van der Waals surface area (Å²) < 4.78 is 6.01. The van der Waals surface area contributed by atoms with E-state index in [1.807, 2.05) is 60.7 Å². The normalized spacial score (nSPS) is 22.6. The van der Waals surface area contributed by atoms with E-state index in [0.717, 1.165) is 36.3 Å². The van der Waals surface area contributed by atoms with Gasteiger partial charge >= 0.3 is 0 Å². The Morgan fingerprint density at radius 1 is 1.00 bits per heavy atom. The molecular weight excluding hydrogens is 747 g/mol. The number of imide groups is 1. The largest absolute Gasteiger partial charge is 0.504 e. The highest BCUT2D eigenvalue weighted by Gasteiger charge is 2.56. The number of halogens is 1. The highest BCUT2D eigenvalue weighted by atomic mass is 127. The zero-order valence-electron chi connectivity index (χ0n) is 28.2. The van der Waals surface area contributed by atoms with E-state index in [9.17, 15) is 30.0 Å². The number of fused-ring (bicyclic) bond motifs is 1. The molecule has 1 aliphatic carbocycles. The summed E-state index contributed by atoms with van der Waals surface area (Å²) in [5.41, 5.74) is 4.95. The van der Waals surface area contributed by atoms with Crippen molar-refractivity contribution >= 4 is 46.1 Å². The molecule has 4 N–H and O–H groups in total. The number of rotatable bonds is 12. The summed E-state index contributed by atoms with van der Waals surface area (Å²) >= 11 is 2.06. The highest BCUT2D eigenvalue weighted by molar-refractivity contribution is 14.1. The van der Waals surface area contributed by atoms with Crippen LogP contribution in [0.2, 0.25) is 0 Å². The number of benzene rings is 3. The molecule has 2 aliphatic heterocycles. The Labute approximate surface area is 307 Å². The molecule has 3 aliphatic rings. The Morgan fingerprint density at radius 3 is 2.32 bits per heavy atom. The number of phenols is 1. The van der Waals surface area contributed by atoms with Crippen LogP contribution in [0, 0.1) is 21.3 Å². The van der Waals surface area contributed by atoms with Crippen molar-refractivity contribution in [1.82, 2.24) is 9.80 Å². The minimum Gasteiger partial charge on any atom is -0.504 e. The van der Waals surface area contributed by atoms with Gasteiger partial charge in [0.05, 0.1) is 41.8 Å². The van der Waals surface area contributed by atoms with E-state index in [-0.39, 0.29) is 43.1 Å². The first-order valence-corrected chi connectivity index (χ1v) is 18.4. The first-order chi connectivity index (χ1) is 24.2. The Hall–Kier alpha value is -3.55. The summed E-state index contributed by atoms with van der Waals surface area (Å²) in [7, 11) is 1.50. The van der Waals surface area contributed by atoms with E-state index < -0.39 is 30.5 Å². The van der Waals surface area contributed by atoms with E-state index in [1.54, 1.807) is 6.07 Å². The third-order valence-corrected chi connectivity index (χ3v) is 11.4. The van der Waals surface area contributed by atoms with Crippen molar-refractivity contribution in [1.29, 1.82) is 0 Å². The molecule has 50 heavy (non-hydrogen) atoms. The first kappa shape index (κ1) is 36.2. The Bertz CT molecular complexity index is 1740. The fourth-order valence-corrected chi connectivity index (χ4v) is 8.73. The predicted octanol–water partition coefficient (Wildman–Crippen LogP) is 5.25. The number of aromatic hydroxyl groups is 1. The average molecular weight is 793 g/mol. The molecule has 0 aromatic heterocycles. The van der Waals surface area contributed by atoms with Gasteiger partial charge in [-0.3, -0.25) is 19.4 Å². The average Bonchev–Trinajstić information content (AvgIpc) is 3.39. The van der Waals surface area contributed by atoms with Crippen LogP contribution in [0.4, 0.5) is 0 Å². The molecule has 10 heteroatoms. The number of carbonyl (C=O) groups excluding carboxylic acids is 2. The number of hydrogen-bond acceptors (Lipinski definition) is 8. The van der Waals surface area contributed by atoms with Gasteiger partial charge in [-0.1, -0.05) is 66.7 Å². The van der Waals surface area contributed by atoms with Gasteiger partial charge in [0.2, 0.25) is 11.8 Å². The zero-order valence-corrected chi connectivity index (χ0v) is 30.4. The van der Waals surface area contributed by atoms with Crippen molar-refractivity contribution in [3.05, 3.63) is 104 Å². The summed E-state index contributed by atoms with van der Waals surface area (Å²) in [4.78, 5) is 31.8. The van der Waals surface area contributed by atoms with Crippen LogP contribution >= 0.6 is 22.6 Å². The van der Waals surface area contributed by atoms with Gasteiger partial charge in [-0.15, -0.1) is 0 Å². The van der Waals surface area contributed by atoms with E-state index >= 15 is 0 Å². The molecule has 6 rings (SSSR count). The SMILES string of the molecule is COc1cc(/C=C(/CC[C@@H](O)C2=C(CO)C[C@H]3C(=O)N(C4CCN(Cc5ccccc5)CC4)C(=O)[C@H]3[C@H]2CO)c2ccccc2)cc(I)c1O. The molecule has 4 atom stereocenters. The van der Waals surface area contributed by atoms with Gasteiger partial charge in [0.25, 0.3) is 0 Å². The number of aliphatic hydroxyl groups excluding tert-OH is 3. The third-order valence-electron chi connectivity index (χ3n) is 10.6. The maximum Gasteiger partial charge on any atom is 0.234 e. The Balaban J connectivity index is 1.19. The third kappa shape index (κ3) is 7.55. The second-order valence-corrected chi connectivity index (χ2v) is 14.7. The van der Waals surface area contributed by atoms with Crippen molar-refractivity contribution < 1.29 is 34.8 Å². The van der Waals surface area contributed by atoms with Crippen LogP contribution in [0.3, 0.4) is 0 Å². The molecule has 9 nitrogen and oxygen atoms in total. The minimum atomic E-state index is -1.05. The van der Waals surface area contributed by atoms with Gasteiger partial charge in [0.1, 0.15) is 0 Å². The lowest BCUT2D eigenvalue weighted by Crippen LogP contribution is -2.47. The number of methoxy groups -OCH3 is 1. The minimum absolute atomic E-state index is 0.0723. The van der Waals surface area contributed by atoms with E-state index in [1.165, 1.54) is 17.6 Å². The number of hydrogen-bond donors (Lipinski definition) is 4. The molecule has 3 aromatic rings. The number of likely N-dealkylation sites (tertiary alicyclic amines) is 2. The zero-order chi connectivity index (χ0) is 35.4. The molecule has 0 radical (unpaired) electrons. The van der Waals surface area contributed by atoms with Gasteiger partial charge in [0.15, 0.2) is 11.5 Å². The van der Waals surface area contributed by atoms with Crippen molar-refractivity contribution in [3.63, 3.8) is 0 Å². The fourth-order valence-electron chi connectivity index (χ4n) is 8.10. The maximum atomic E-state index is 14.1. The summed E-state index contributed by atoms with van der Waals surface area (Å²) in [6, 6.07) is 23.5. The van der Waals surface area contributed by atoms with Crippen LogP contribution < -0.4 is 4.74 Å². The topological polar surface area (TPSA) is 131 Å². The van der Waals surface area contributed by atoms with Crippen LogP contribution in [-0.4, -0.2) is 87.6 Å². The molecule has 2 fully saturated rings. The fraction of sp³-hybridized carbons (Fsp3) is 0.400. The standard InChI is InChI=1S/C40H45IN2O7/c1-50-35-20-26(19-33(41)38(35)47)18-28(27-10-6-3-7-11-27)12-13-34(46)36-29(23-44)21-31-37(32(36)24-45)40(49)43(39(31)48)30-14-16-42(17-15-30)22-25-8-4-2-5-9-25/h2-11,18-20,30-32,34,37,44-47H,12-17,21-24H2,1H3/b28-18-/t31-,32+,34-,37-/m1/s1. The molecule has 0 bridgehead atoms. The van der Waals surface area contributed by atoms with Crippen LogP contribution in [0.5, 0.6) is 11.5 Å². The molecule has 2 amide bonds. The summed E-state index contributed by atoms with van der Waals surface area (Å²) in [5, 5.41) is 43.4. The monoisotopic (exact) mass is 792 g/mol. The molecule has 2 heterocycles. The van der Waals surface area contributed by atoms with Crippen LogP contribution in [0.1, 0.15) is 48.8 Å². The molecule has 264 valence electrons. The molecule has 2 saturated heterocycles. The van der Waals surface area contributed by atoms with Gasteiger partial charge in [0, 0.05) is 31.6 Å². The molecule has 0 unspecified atom stereocenters.